The maximum atomic E-state index is 11.8. The molecule has 0 aliphatic carbocycles. The number of aldehydes is 1. The predicted octanol–water partition coefficient (Wildman–Crippen LogP) is 0.315. The minimum absolute atomic E-state index is 0.00970. The SMILES string of the molecule is CCOC(=O)C(O)(C(=O)OCC)C(C=O)C(C)C. The molecule has 104 valence electrons. The molecule has 0 rings (SSSR count). The monoisotopic (exact) mass is 260 g/mol. The normalized spacial score (nSPS) is 13.0. The van der Waals surface area contributed by atoms with Crippen LogP contribution in [-0.2, 0) is 23.9 Å². The van der Waals surface area contributed by atoms with Crippen molar-refractivity contribution in [1.29, 1.82) is 0 Å². The standard InChI is InChI=1S/C12H20O6/c1-5-17-10(14)12(16,11(15)18-6-2)9(7-13)8(3)4/h7-9,16H,5-6H2,1-4H3. The molecule has 0 aromatic carbocycles. The Bertz CT molecular complexity index is 292. The second-order valence-electron chi connectivity index (χ2n) is 4.11. The van der Waals surface area contributed by atoms with Gasteiger partial charge in [0.25, 0.3) is 5.60 Å². The molecule has 0 aromatic heterocycles. The van der Waals surface area contributed by atoms with Crippen molar-refractivity contribution >= 4 is 18.2 Å². The molecule has 0 fully saturated rings. The number of hydrogen-bond donors (Lipinski definition) is 1. The molecule has 0 radical (unpaired) electrons. The summed E-state index contributed by atoms with van der Waals surface area (Å²) in [6.07, 6.45) is 0.374. The molecule has 1 atom stereocenters. The largest absolute Gasteiger partial charge is 0.463 e. The molecule has 0 saturated carbocycles. The summed E-state index contributed by atoms with van der Waals surface area (Å²) in [7, 11) is 0. The summed E-state index contributed by atoms with van der Waals surface area (Å²) in [5.74, 6) is -3.94. The first kappa shape index (κ1) is 16.6. The highest BCUT2D eigenvalue weighted by atomic mass is 16.6. The van der Waals surface area contributed by atoms with E-state index in [0.29, 0.717) is 6.29 Å². The van der Waals surface area contributed by atoms with E-state index in [0.717, 1.165) is 0 Å². The third-order valence-corrected chi connectivity index (χ3v) is 2.52. The lowest BCUT2D eigenvalue weighted by atomic mass is 9.80. The van der Waals surface area contributed by atoms with E-state index in [-0.39, 0.29) is 13.2 Å². The van der Waals surface area contributed by atoms with Gasteiger partial charge in [-0.15, -0.1) is 0 Å². The smallest absolute Gasteiger partial charge is 0.350 e. The molecule has 0 aliphatic rings. The fraction of sp³-hybridized carbons (Fsp3) is 0.750. The van der Waals surface area contributed by atoms with Gasteiger partial charge < -0.3 is 19.4 Å². The lowest BCUT2D eigenvalue weighted by Gasteiger charge is -2.30. The van der Waals surface area contributed by atoms with Gasteiger partial charge in [-0.2, -0.15) is 0 Å². The summed E-state index contributed by atoms with van der Waals surface area (Å²) in [6, 6.07) is 0. The molecule has 6 heteroatoms. The van der Waals surface area contributed by atoms with Crippen molar-refractivity contribution < 1.29 is 29.0 Å². The first-order valence-corrected chi connectivity index (χ1v) is 5.88. The van der Waals surface area contributed by atoms with Crippen LogP contribution in [0, 0.1) is 11.8 Å². The summed E-state index contributed by atoms with van der Waals surface area (Å²) >= 11 is 0. The zero-order chi connectivity index (χ0) is 14.3. The van der Waals surface area contributed by atoms with Crippen molar-refractivity contribution in [1.82, 2.24) is 0 Å². The van der Waals surface area contributed by atoms with Crippen LogP contribution in [0.25, 0.3) is 0 Å². The molecular weight excluding hydrogens is 240 g/mol. The zero-order valence-electron chi connectivity index (χ0n) is 11.1. The van der Waals surface area contributed by atoms with Crippen LogP contribution in [-0.4, -0.2) is 42.1 Å². The van der Waals surface area contributed by atoms with Crippen molar-refractivity contribution in [3.05, 3.63) is 0 Å². The summed E-state index contributed by atoms with van der Waals surface area (Å²) in [5.41, 5.74) is -2.58. The Morgan fingerprint density at radius 3 is 1.78 bits per heavy atom. The van der Waals surface area contributed by atoms with Gasteiger partial charge in [0.1, 0.15) is 6.29 Å². The van der Waals surface area contributed by atoms with Gasteiger partial charge in [0.2, 0.25) is 0 Å². The molecule has 0 aromatic rings. The second kappa shape index (κ2) is 7.10. The maximum absolute atomic E-state index is 11.8. The lowest BCUT2D eigenvalue weighted by Crippen LogP contribution is -2.56. The number of ether oxygens (including phenoxy) is 2. The summed E-state index contributed by atoms with van der Waals surface area (Å²) in [5, 5.41) is 10.3. The number of rotatable bonds is 7. The van der Waals surface area contributed by atoms with E-state index in [9.17, 15) is 19.5 Å². The molecule has 0 bridgehead atoms. The van der Waals surface area contributed by atoms with Gasteiger partial charge in [-0.3, -0.25) is 0 Å². The van der Waals surface area contributed by atoms with E-state index in [1.807, 2.05) is 0 Å². The Labute approximate surface area is 106 Å². The van der Waals surface area contributed by atoms with Crippen LogP contribution in [0.2, 0.25) is 0 Å². The van der Waals surface area contributed by atoms with Gasteiger partial charge >= 0.3 is 11.9 Å². The third kappa shape index (κ3) is 3.29. The second-order valence-corrected chi connectivity index (χ2v) is 4.11. The van der Waals surface area contributed by atoms with Crippen molar-refractivity contribution in [2.75, 3.05) is 13.2 Å². The van der Waals surface area contributed by atoms with Gasteiger partial charge in [0, 0.05) is 0 Å². The summed E-state index contributed by atoms with van der Waals surface area (Å²) < 4.78 is 9.32. The number of carbonyl (C=O) groups is 3. The highest BCUT2D eigenvalue weighted by Crippen LogP contribution is 2.26. The van der Waals surface area contributed by atoms with Crippen LogP contribution in [0.3, 0.4) is 0 Å². The quantitative estimate of drug-likeness (QED) is 0.402. The molecule has 1 unspecified atom stereocenters. The highest BCUT2D eigenvalue weighted by Gasteiger charge is 2.54. The number of esters is 2. The van der Waals surface area contributed by atoms with Gasteiger partial charge in [0.15, 0.2) is 0 Å². The average molecular weight is 260 g/mol. The zero-order valence-corrected chi connectivity index (χ0v) is 11.1. The molecule has 18 heavy (non-hydrogen) atoms. The molecule has 0 saturated heterocycles. The Kier molecular flexibility index (Phi) is 6.54. The molecule has 0 heterocycles. The maximum Gasteiger partial charge on any atom is 0.350 e. The van der Waals surface area contributed by atoms with Crippen LogP contribution < -0.4 is 0 Å². The molecule has 1 N–H and O–H groups in total. The fourth-order valence-electron chi connectivity index (χ4n) is 1.58. The average Bonchev–Trinajstić information content (AvgIpc) is 2.29. The molecular formula is C12H20O6. The predicted molar refractivity (Wildman–Crippen MR) is 62.6 cm³/mol. The summed E-state index contributed by atoms with van der Waals surface area (Å²) in [4.78, 5) is 34.5. The van der Waals surface area contributed by atoms with Crippen LogP contribution in [0.4, 0.5) is 0 Å². The van der Waals surface area contributed by atoms with E-state index < -0.39 is 29.4 Å². The molecule has 0 amide bonds. The van der Waals surface area contributed by atoms with Crippen molar-refractivity contribution in [2.45, 2.75) is 33.3 Å². The van der Waals surface area contributed by atoms with Crippen molar-refractivity contribution in [2.24, 2.45) is 11.8 Å². The van der Waals surface area contributed by atoms with Gasteiger partial charge in [0.05, 0.1) is 19.1 Å². The number of aliphatic hydroxyl groups is 1. The van der Waals surface area contributed by atoms with Gasteiger partial charge in [-0.25, -0.2) is 9.59 Å². The Hall–Kier alpha value is -1.43. The topological polar surface area (TPSA) is 89.9 Å². The van der Waals surface area contributed by atoms with Crippen molar-refractivity contribution in [3.8, 4) is 0 Å². The summed E-state index contributed by atoms with van der Waals surface area (Å²) in [6.45, 7) is 6.28. The van der Waals surface area contributed by atoms with Crippen LogP contribution >= 0.6 is 0 Å². The van der Waals surface area contributed by atoms with E-state index >= 15 is 0 Å². The Morgan fingerprint density at radius 2 is 1.56 bits per heavy atom. The molecule has 0 aliphatic heterocycles. The van der Waals surface area contributed by atoms with Crippen LogP contribution in [0.5, 0.6) is 0 Å². The highest BCUT2D eigenvalue weighted by molar-refractivity contribution is 6.06. The Balaban J connectivity index is 5.44. The van der Waals surface area contributed by atoms with E-state index in [1.54, 1.807) is 13.8 Å². The fourth-order valence-corrected chi connectivity index (χ4v) is 1.58. The van der Waals surface area contributed by atoms with Crippen molar-refractivity contribution in [3.63, 3.8) is 0 Å². The number of carbonyl (C=O) groups excluding carboxylic acids is 3. The lowest BCUT2D eigenvalue weighted by molar-refractivity contribution is -0.192. The number of hydrogen-bond acceptors (Lipinski definition) is 6. The van der Waals surface area contributed by atoms with E-state index in [1.165, 1.54) is 13.8 Å². The first-order valence-electron chi connectivity index (χ1n) is 5.88. The first-order chi connectivity index (χ1) is 8.35. The van der Waals surface area contributed by atoms with Gasteiger partial charge in [-0.05, 0) is 19.8 Å². The van der Waals surface area contributed by atoms with Gasteiger partial charge in [-0.1, -0.05) is 13.8 Å². The minimum atomic E-state index is -2.58. The third-order valence-electron chi connectivity index (χ3n) is 2.52. The van der Waals surface area contributed by atoms with E-state index in [4.69, 9.17) is 0 Å². The van der Waals surface area contributed by atoms with Crippen LogP contribution in [0.1, 0.15) is 27.7 Å². The molecule has 0 spiro atoms. The van der Waals surface area contributed by atoms with E-state index in [2.05, 4.69) is 9.47 Å². The Morgan fingerprint density at radius 1 is 1.17 bits per heavy atom. The molecule has 6 nitrogen and oxygen atoms in total. The minimum Gasteiger partial charge on any atom is -0.463 e. The van der Waals surface area contributed by atoms with Crippen LogP contribution in [0.15, 0.2) is 0 Å².